The van der Waals surface area contributed by atoms with Crippen molar-refractivity contribution in [2.24, 2.45) is 0 Å². The second-order valence-corrected chi connectivity index (χ2v) is 5.44. The van der Waals surface area contributed by atoms with Crippen LogP contribution >= 0.6 is 0 Å². The normalized spacial score (nSPS) is 12.0. The number of hydrogen-bond acceptors (Lipinski definition) is 2. The molecule has 2 nitrogen and oxygen atoms in total. The van der Waals surface area contributed by atoms with Crippen molar-refractivity contribution < 1.29 is 5.11 Å². The van der Waals surface area contributed by atoms with Gasteiger partial charge in [0.1, 0.15) is 5.75 Å². The highest BCUT2D eigenvalue weighted by Crippen LogP contribution is 2.43. The van der Waals surface area contributed by atoms with Crippen LogP contribution in [0.5, 0.6) is 5.75 Å². The lowest BCUT2D eigenvalue weighted by Crippen LogP contribution is -1.91. The summed E-state index contributed by atoms with van der Waals surface area (Å²) in [7, 11) is 0. The van der Waals surface area contributed by atoms with Crippen LogP contribution in [0.15, 0.2) is 60.7 Å². The van der Waals surface area contributed by atoms with Gasteiger partial charge >= 0.3 is 0 Å². The molecule has 0 bridgehead atoms. The maximum Gasteiger partial charge on any atom is 0.123 e. The summed E-state index contributed by atoms with van der Waals surface area (Å²) in [6.07, 6.45) is 0.899. The van der Waals surface area contributed by atoms with Gasteiger partial charge in [-0.15, -0.1) is 0 Å². The lowest BCUT2D eigenvalue weighted by molar-refractivity contribution is 0.477. The van der Waals surface area contributed by atoms with E-state index in [2.05, 4.69) is 36.4 Å². The van der Waals surface area contributed by atoms with Gasteiger partial charge in [0.2, 0.25) is 0 Å². The molecule has 0 aliphatic heterocycles. The molecule has 0 fully saturated rings. The Morgan fingerprint density at radius 2 is 1.48 bits per heavy atom. The maximum atomic E-state index is 10.2. The maximum absolute atomic E-state index is 10.2. The predicted octanol–water partition coefficient (Wildman–Crippen LogP) is 4.21. The fourth-order valence-corrected chi connectivity index (χ4v) is 3.18. The summed E-state index contributed by atoms with van der Waals surface area (Å²) in [6.45, 7) is 0. The van der Waals surface area contributed by atoms with Crippen molar-refractivity contribution >= 4 is 5.69 Å². The standard InChI is InChI=1S/C19H15NO/c20-13-8-9-19(21)18(11-13)16-7-3-6-15-14-5-2-1-4-12(14)10-17(15)16/h1-9,11,21H,10,20H2. The Hall–Kier alpha value is -2.74. The van der Waals surface area contributed by atoms with Crippen LogP contribution in [-0.2, 0) is 6.42 Å². The zero-order valence-corrected chi connectivity index (χ0v) is 11.5. The van der Waals surface area contributed by atoms with E-state index in [-0.39, 0.29) is 5.75 Å². The molecule has 3 aromatic rings. The highest BCUT2D eigenvalue weighted by atomic mass is 16.3. The monoisotopic (exact) mass is 273 g/mol. The van der Waals surface area contributed by atoms with E-state index < -0.39 is 0 Å². The van der Waals surface area contributed by atoms with Crippen molar-refractivity contribution in [1.82, 2.24) is 0 Å². The van der Waals surface area contributed by atoms with Crippen molar-refractivity contribution in [3.8, 4) is 28.0 Å². The summed E-state index contributed by atoms with van der Waals surface area (Å²) in [5.74, 6) is 0.272. The molecular weight excluding hydrogens is 258 g/mol. The first-order valence-electron chi connectivity index (χ1n) is 7.03. The number of phenolic OH excluding ortho intramolecular Hbond substituents is 1. The third kappa shape index (κ3) is 1.80. The molecule has 21 heavy (non-hydrogen) atoms. The molecular formula is C19H15NO. The van der Waals surface area contributed by atoms with Gasteiger partial charge < -0.3 is 10.8 Å². The Balaban J connectivity index is 1.96. The number of nitrogens with two attached hydrogens (primary N) is 1. The summed E-state index contributed by atoms with van der Waals surface area (Å²) in [6, 6.07) is 19.9. The molecule has 0 heterocycles. The summed E-state index contributed by atoms with van der Waals surface area (Å²) >= 11 is 0. The van der Waals surface area contributed by atoms with Gasteiger partial charge in [0.15, 0.2) is 0 Å². The van der Waals surface area contributed by atoms with Gasteiger partial charge in [-0.2, -0.15) is 0 Å². The van der Waals surface area contributed by atoms with E-state index in [4.69, 9.17) is 5.73 Å². The Kier molecular flexibility index (Phi) is 2.51. The fraction of sp³-hybridized carbons (Fsp3) is 0.0526. The van der Waals surface area contributed by atoms with E-state index >= 15 is 0 Å². The molecule has 4 rings (SSSR count). The number of phenols is 1. The quantitative estimate of drug-likeness (QED) is 0.403. The molecule has 0 unspecified atom stereocenters. The SMILES string of the molecule is Nc1ccc(O)c(-c2cccc3c2Cc2ccccc2-3)c1. The average Bonchev–Trinajstić information content (AvgIpc) is 2.88. The molecule has 0 spiro atoms. The van der Waals surface area contributed by atoms with Crippen LogP contribution < -0.4 is 5.73 Å². The largest absolute Gasteiger partial charge is 0.507 e. The molecule has 1 aliphatic rings. The van der Waals surface area contributed by atoms with Crippen molar-refractivity contribution in [1.29, 1.82) is 0 Å². The number of hydrogen-bond donors (Lipinski definition) is 2. The van der Waals surface area contributed by atoms with Gasteiger partial charge in [-0.25, -0.2) is 0 Å². The molecule has 0 saturated heterocycles. The summed E-state index contributed by atoms with van der Waals surface area (Å²) < 4.78 is 0. The number of aromatic hydroxyl groups is 1. The Morgan fingerprint density at radius 3 is 2.33 bits per heavy atom. The van der Waals surface area contributed by atoms with E-state index in [0.29, 0.717) is 5.69 Å². The number of anilines is 1. The molecule has 1 aliphatic carbocycles. The van der Waals surface area contributed by atoms with E-state index in [0.717, 1.165) is 17.5 Å². The second kappa shape index (κ2) is 4.38. The van der Waals surface area contributed by atoms with Crippen LogP contribution in [0.2, 0.25) is 0 Å². The van der Waals surface area contributed by atoms with Crippen LogP contribution in [0.3, 0.4) is 0 Å². The van der Waals surface area contributed by atoms with E-state index in [1.807, 2.05) is 12.1 Å². The molecule has 0 radical (unpaired) electrons. The van der Waals surface area contributed by atoms with Crippen LogP contribution in [0.25, 0.3) is 22.3 Å². The molecule has 0 amide bonds. The van der Waals surface area contributed by atoms with E-state index in [1.165, 1.54) is 22.3 Å². The third-order valence-electron chi connectivity index (χ3n) is 4.16. The minimum Gasteiger partial charge on any atom is -0.507 e. The predicted molar refractivity (Wildman–Crippen MR) is 86.2 cm³/mol. The second-order valence-electron chi connectivity index (χ2n) is 5.44. The molecule has 0 saturated carbocycles. The highest BCUT2D eigenvalue weighted by Gasteiger charge is 2.21. The van der Waals surface area contributed by atoms with Crippen molar-refractivity contribution in [3.63, 3.8) is 0 Å². The Morgan fingerprint density at radius 1 is 0.762 bits per heavy atom. The van der Waals surface area contributed by atoms with Gasteiger partial charge in [0.25, 0.3) is 0 Å². The molecule has 0 aromatic heterocycles. The first-order chi connectivity index (χ1) is 10.2. The van der Waals surface area contributed by atoms with Crippen molar-refractivity contribution in [3.05, 3.63) is 71.8 Å². The summed E-state index contributed by atoms with van der Waals surface area (Å²) in [4.78, 5) is 0. The molecule has 2 heteroatoms. The Bertz CT molecular complexity index is 852. The number of nitrogen functional groups attached to an aromatic ring is 1. The Labute approximate surface area is 123 Å². The first-order valence-corrected chi connectivity index (χ1v) is 7.03. The fourth-order valence-electron chi connectivity index (χ4n) is 3.18. The number of fused-ring (bicyclic) bond motifs is 3. The van der Waals surface area contributed by atoms with Crippen molar-refractivity contribution in [2.45, 2.75) is 6.42 Å². The average molecular weight is 273 g/mol. The minimum absolute atomic E-state index is 0.272. The zero-order valence-electron chi connectivity index (χ0n) is 11.5. The van der Waals surface area contributed by atoms with Crippen molar-refractivity contribution in [2.75, 3.05) is 5.73 Å². The van der Waals surface area contributed by atoms with E-state index in [1.54, 1.807) is 12.1 Å². The topological polar surface area (TPSA) is 46.2 Å². The number of benzene rings is 3. The first kappa shape index (κ1) is 12.0. The molecule has 3 N–H and O–H groups in total. The van der Waals surface area contributed by atoms with Crippen LogP contribution in [-0.4, -0.2) is 5.11 Å². The van der Waals surface area contributed by atoms with E-state index in [9.17, 15) is 5.11 Å². The highest BCUT2D eigenvalue weighted by molar-refractivity contribution is 5.87. The third-order valence-corrected chi connectivity index (χ3v) is 4.16. The molecule has 3 aromatic carbocycles. The summed E-state index contributed by atoms with van der Waals surface area (Å²) in [5, 5.41) is 10.2. The number of rotatable bonds is 1. The summed E-state index contributed by atoms with van der Waals surface area (Å²) in [5.41, 5.74) is 13.6. The molecule has 102 valence electrons. The van der Waals surface area contributed by atoms with Gasteiger partial charge in [0, 0.05) is 11.3 Å². The van der Waals surface area contributed by atoms with Gasteiger partial charge in [-0.1, -0.05) is 42.5 Å². The van der Waals surface area contributed by atoms with Gasteiger partial charge in [0.05, 0.1) is 0 Å². The van der Waals surface area contributed by atoms with Crippen LogP contribution in [0.4, 0.5) is 5.69 Å². The van der Waals surface area contributed by atoms with Crippen LogP contribution in [0, 0.1) is 0 Å². The minimum atomic E-state index is 0.272. The van der Waals surface area contributed by atoms with Crippen LogP contribution in [0.1, 0.15) is 11.1 Å². The molecule has 0 atom stereocenters. The van der Waals surface area contributed by atoms with Gasteiger partial charge in [-0.3, -0.25) is 0 Å². The lowest BCUT2D eigenvalue weighted by atomic mass is 9.95. The smallest absolute Gasteiger partial charge is 0.123 e. The van der Waals surface area contributed by atoms with Gasteiger partial charge in [-0.05, 0) is 52.4 Å². The zero-order chi connectivity index (χ0) is 14.4. The lowest BCUT2D eigenvalue weighted by Gasteiger charge is -2.11.